The molecular formula is C19H16ClN3O3S. The summed E-state index contributed by atoms with van der Waals surface area (Å²) in [5.41, 5.74) is 1.50. The van der Waals surface area contributed by atoms with Crippen LogP contribution in [0.15, 0.2) is 71.8 Å². The molecule has 0 saturated heterocycles. The first-order chi connectivity index (χ1) is 12.8. The van der Waals surface area contributed by atoms with E-state index in [-0.39, 0.29) is 10.5 Å². The van der Waals surface area contributed by atoms with E-state index in [0.717, 1.165) is 5.56 Å². The van der Waals surface area contributed by atoms with Crippen LogP contribution < -0.4 is 10.0 Å². The summed E-state index contributed by atoms with van der Waals surface area (Å²) in [5, 5.41) is 3.05. The minimum Gasteiger partial charge on any atom is -0.307 e. The van der Waals surface area contributed by atoms with Gasteiger partial charge in [-0.1, -0.05) is 29.8 Å². The molecule has 0 aliphatic heterocycles. The van der Waals surface area contributed by atoms with E-state index in [0.29, 0.717) is 16.5 Å². The number of hydrogen-bond acceptors (Lipinski definition) is 4. The maximum atomic E-state index is 12.6. The van der Waals surface area contributed by atoms with Gasteiger partial charge in [-0.15, -0.1) is 0 Å². The molecule has 2 N–H and O–H groups in total. The number of aromatic nitrogens is 1. The van der Waals surface area contributed by atoms with Crippen molar-refractivity contribution in [2.45, 2.75) is 11.8 Å². The fourth-order valence-corrected chi connectivity index (χ4v) is 3.59. The highest BCUT2D eigenvalue weighted by Crippen LogP contribution is 2.20. The Kier molecular flexibility index (Phi) is 5.43. The van der Waals surface area contributed by atoms with E-state index < -0.39 is 15.9 Å². The maximum absolute atomic E-state index is 12.6. The van der Waals surface area contributed by atoms with Crippen molar-refractivity contribution in [1.82, 2.24) is 4.98 Å². The molecule has 1 amide bonds. The minimum absolute atomic E-state index is 0.0352. The third-order valence-electron chi connectivity index (χ3n) is 3.64. The van der Waals surface area contributed by atoms with Gasteiger partial charge in [0.05, 0.1) is 10.6 Å². The van der Waals surface area contributed by atoms with Crippen molar-refractivity contribution in [1.29, 1.82) is 0 Å². The van der Waals surface area contributed by atoms with Gasteiger partial charge < -0.3 is 5.32 Å². The highest BCUT2D eigenvalue weighted by Gasteiger charge is 2.17. The van der Waals surface area contributed by atoms with Crippen molar-refractivity contribution >= 4 is 39.0 Å². The molecule has 0 fully saturated rings. The standard InChI is InChI=1S/C19H16ClN3O3S/c1-13-8-9-18(21-12-13)22-19(24)14-4-2-7-17(10-14)27(25,26)23-16-6-3-5-15(20)11-16/h2-12,23H,1H3,(H,21,22,24). The third kappa shape index (κ3) is 4.84. The molecule has 0 saturated carbocycles. The predicted octanol–water partition coefficient (Wildman–Crippen LogP) is 4.10. The van der Waals surface area contributed by atoms with Gasteiger partial charge in [0.2, 0.25) is 0 Å². The van der Waals surface area contributed by atoms with E-state index in [9.17, 15) is 13.2 Å². The quantitative estimate of drug-likeness (QED) is 0.673. The molecule has 0 aliphatic rings. The fourth-order valence-electron chi connectivity index (χ4n) is 2.30. The van der Waals surface area contributed by atoms with E-state index in [4.69, 9.17) is 11.6 Å². The zero-order valence-electron chi connectivity index (χ0n) is 14.3. The third-order valence-corrected chi connectivity index (χ3v) is 5.25. The van der Waals surface area contributed by atoms with Crippen LogP contribution in [0.2, 0.25) is 5.02 Å². The van der Waals surface area contributed by atoms with Crippen LogP contribution in [0.5, 0.6) is 0 Å². The van der Waals surface area contributed by atoms with Gasteiger partial charge in [-0.25, -0.2) is 13.4 Å². The number of pyridine rings is 1. The predicted molar refractivity (Wildman–Crippen MR) is 106 cm³/mol. The number of anilines is 2. The summed E-state index contributed by atoms with van der Waals surface area (Å²) in [4.78, 5) is 16.5. The van der Waals surface area contributed by atoms with E-state index in [2.05, 4.69) is 15.0 Å². The lowest BCUT2D eigenvalue weighted by atomic mass is 10.2. The summed E-state index contributed by atoms with van der Waals surface area (Å²) in [5.74, 6) is -0.0675. The number of rotatable bonds is 5. The van der Waals surface area contributed by atoms with Crippen LogP contribution in [0.25, 0.3) is 0 Å². The van der Waals surface area contributed by atoms with E-state index in [1.807, 2.05) is 13.0 Å². The number of benzene rings is 2. The summed E-state index contributed by atoms with van der Waals surface area (Å²) in [6.45, 7) is 1.89. The number of hydrogen-bond donors (Lipinski definition) is 2. The van der Waals surface area contributed by atoms with Gasteiger partial charge in [0, 0.05) is 16.8 Å². The fraction of sp³-hybridized carbons (Fsp3) is 0.0526. The highest BCUT2D eigenvalue weighted by molar-refractivity contribution is 7.92. The molecule has 0 atom stereocenters. The van der Waals surface area contributed by atoms with Gasteiger partial charge in [-0.2, -0.15) is 0 Å². The number of carbonyl (C=O) groups excluding carboxylic acids is 1. The van der Waals surface area contributed by atoms with Crippen LogP contribution in [0, 0.1) is 6.92 Å². The molecule has 3 rings (SSSR count). The van der Waals surface area contributed by atoms with Gasteiger partial charge in [0.25, 0.3) is 15.9 Å². The SMILES string of the molecule is Cc1ccc(NC(=O)c2cccc(S(=O)(=O)Nc3cccc(Cl)c3)c2)nc1. The average Bonchev–Trinajstić information content (AvgIpc) is 2.63. The lowest BCUT2D eigenvalue weighted by Crippen LogP contribution is -2.16. The maximum Gasteiger partial charge on any atom is 0.261 e. The van der Waals surface area contributed by atoms with Gasteiger partial charge in [0.15, 0.2) is 0 Å². The molecule has 0 radical (unpaired) electrons. The van der Waals surface area contributed by atoms with E-state index in [1.54, 1.807) is 30.5 Å². The van der Waals surface area contributed by atoms with Crippen LogP contribution in [0.4, 0.5) is 11.5 Å². The molecule has 6 nitrogen and oxygen atoms in total. The molecule has 0 aliphatic carbocycles. The first-order valence-electron chi connectivity index (χ1n) is 7.96. The number of nitrogens with zero attached hydrogens (tertiary/aromatic N) is 1. The largest absolute Gasteiger partial charge is 0.307 e. The minimum atomic E-state index is -3.87. The second-order valence-electron chi connectivity index (χ2n) is 5.82. The smallest absolute Gasteiger partial charge is 0.261 e. The summed E-state index contributed by atoms with van der Waals surface area (Å²) < 4.78 is 27.6. The Bertz CT molecular complexity index is 1080. The van der Waals surface area contributed by atoms with E-state index >= 15 is 0 Å². The molecule has 138 valence electrons. The van der Waals surface area contributed by atoms with Crippen molar-refractivity contribution < 1.29 is 13.2 Å². The summed E-state index contributed by atoms with van der Waals surface area (Å²) in [7, 11) is -3.87. The van der Waals surface area contributed by atoms with Crippen molar-refractivity contribution in [2.24, 2.45) is 0 Å². The van der Waals surface area contributed by atoms with Crippen molar-refractivity contribution in [2.75, 3.05) is 10.0 Å². The second kappa shape index (κ2) is 7.77. The Labute approximate surface area is 162 Å². The zero-order valence-corrected chi connectivity index (χ0v) is 15.9. The summed E-state index contributed by atoms with van der Waals surface area (Å²) >= 11 is 5.88. The summed E-state index contributed by atoms with van der Waals surface area (Å²) in [6.07, 6.45) is 1.63. The molecule has 8 heteroatoms. The number of carbonyl (C=O) groups is 1. The van der Waals surface area contributed by atoms with Gasteiger partial charge in [-0.3, -0.25) is 9.52 Å². The molecule has 0 bridgehead atoms. The molecule has 0 spiro atoms. The van der Waals surface area contributed by atoms with Gasteiger partial charge >= 0.3 is 0 Å². The van der Waals surface area contributed by atoms with Crippen molar-refractivity contribution in [3.05, 3.63) is 83.0 Å². The zero-order chi connectivity index (χ0) is 19.4. The first-order valence-corrected chi connectivity index (χ1v) is 9.82. The number of halogens is 1. The highest BCUT2D eigenvalue weighted by atomic mass is 35.5. The Balaban J connectivity index is 1.81. The number of nitrogens with one attached hydrogen (secondary N) is 2. The van der Waals surface area contributed by atoms with Crippen LogP contribution in [0.3, 0.4) is 0 Å². The molecular weight excluding hydrogens is 386 g/mol. The topological polar surface area (TPSA) is 88.2 Å². The Morgan fingerprint density at radius 1 is 1.04 bits per heavy atom. The van der Waals surface area contributed by atoms with Crippen molar-refractivity contribution in [3.63, 3.8) is 0 Å². The first kappa shape index (κ1) is 18.9. The van der Waals surface area contributed by atoms with Gasteiger partial charge in [-0.05, 0) is 55.0 Å². The van der Waals surface area contributed by atoms with Gasteiger partial charge in [0.1, 0.15) is 5.82 Å². The molecule has 3 aromatic rings. The molecule has 0 unspecified atom stereocenters. The lowest BCUT2D eigenvalue weighted by Gasteiger charge is -2.10. The average molecular weight is 402 g/mol. The number of amides is 1. The Morgan fingerprint density at radius 3 is 2.52 bits per heavy atom. The molecule has 1 aromatic heterocycles. The normalized spacial score (nSPS) is 11.0. The molecule has 27 heavy (non-hydrogen) atoms. The van der Waals surface area contributed by atoms with Crippen LogP contribution in [0.1, 0.15) is 15.9 Å². The van der Waals surface area contributed by atoms with Crippen molar-refractivity contribution in [3.8, 4) is 0 Å². The van der Waals surface area contributed by atoms with E-state index in [1.165, 1.54) is 30.3 Å². The summed E-state index contributed by atoms with van der Waals surface area (Å²) in [6, 6.07) is 15.6. The van der Waals surface area contributed by atoms with Crippen LogP contribution in [-0.4, -0.2) is 19.3 Å². The Morgan fingerprint density at radius 2 is 1.81 bits per heavy atom. The molecule has 1 heterocycles. The second-order valence-corrected chi connectivity index (χ2v) is 7.94. The number of aryl methyl sites for hydroxylation is 1. The van der Waals surface area contributed by atoms with Crippen LogP contribution >= 0.6 is 11.6 Å². The number of sulfonamides is 1. The monoisotopic (exact) mass is 401 g/mol. The lowest BCUT2D eigenvalue weighted by molar-refractivity contribution is 0.102. The van der Waals surface area contributed by atoms with Crippen LogP contribution in [-0.2, 0) is 10.0 Å². The Hall–Kier alpha value is -2.90. The molecule has 2 aromatic carbocycles.